The first-order chi connectivity index (χ1) is 14.6. The van der Waals surface area contributed by atoms with Gasteiger partial charge in [-0.2, -0.15) is 0 Å². The third kappa shape index (κ3) is 3.90. The van der Waals surface area contributed by atoms with Crippen LogP contribution in [0.4, 0.5) is 5.69 Å². The molecule has 30 heavy (non-hydrogen) atoms. The minimum atomic E-state index is -0.460. The van der Waals surface area contributed by atoms with Crippen LogP contribution in [0.3, 0.4) is 0 Å². The van der Waals surface area contributed by atoms with Crippen LogP contribution in [0.2, 0.25) is 0 Å². The number of hydrogen-bond acceptors (Lipinski definition) is 3. The topological polar surface area (TPSA) is 47.6 Å². The first-order valence-electron chi connectivity index (χ1n) is 10.4. The number of anilines is 1. The summed E-state index contributed by atoms with van der Waals surface area (Å²) in [5.41, 5.74) is 4.72. The number of carbonyl (C=O) groups excluding carboxylic acids is 1. The molecule has 0 spiro atoms. The quantitative estimate of drug-likeness (QED) is 0.549. The summed E-state index contributed by atoms with van der Waals surface area (Å²) in [6.07, 6.45) is 1.70. The molecule has 0 saturated heterocycles. The zero-order chi connectivity index (χ0) is 21.1. The van der Waals surface area contributed by atoms with E-state index in [0.29, 0.717) is 6.61 Å². The first-order valence-corrected chi connectivity index (χ1v) is 10.4. The second-order valence-corrected chi connectivity index (χ2v) is 7.76. The molecule has 1 aliphatic carbocycles. The average Bonchev–Trinajstić information content (AvgIpc) is 3.58. The van der Waals surface area contributed by atoms with E-state index in [1.54, 1.807) is 7.11 Å². The molecule has 4 rings (SSSR count). The van der Waals surface area contributed by atoms with Crippen molar-refractivity contribution in [2.24, 2.45) is 0 Å². The van der Waals surface area contributed by atoms with Crippen molar-refractivity contribution in [2.45, 2.75) is 32.1 Å². The van der Waals surface area contributed by atoms with E-state index in [1.807, 2.05) is 61.5 Å². The molecular weight excluding hydrogens is 374 g/mol. The van der Waals surface area contributed by atoms with Gasteiger partial charge in [0.05, 0.1) is 19.1 Å². The molecule has 0 aromatic heterocycles. The van der Waals surface area contributed by atoms with E-state index in [9.17, 15) is 4.79 Å². The summed E-state index contributed by atoms with van der Waals surface area (Å²) in [4.78, 5) is 13.2. The molecule has 154 valence electrons. The number of amides is 1. The molecule has 1 saturated carbocycles. The number of methoxy groups -OCH3 is 1. The Bertz CT molecular complexity index is 1050. The second-order valence-electron chi connectivity index (χ2n) is 7.76. The van der Waals surface area contributed by atoms with Gasteiger partial charge < -0.3 is 14.8 Å². The number of benzene rings is 3. The summed E-state index contributed by atoms with van der Waals surface area (Å²) in [7, 11) is 1.65. The lowest BCUT2D eigenvalue weighted by Crippen LogP contribution is -2.27. The van der Waals surface area contributed by atoms with Crippen LogP contribution in [0, 0.1) is 6.92 Å². The maximum absolute atomic E-state index is 13.2. The Morgan fingerprint density at radius 2 is 1.77 bits per heavy atom. The van der Waals surface area contributed by atoms with Crippen molar-refractivity contribution >= 4 is 11.6 Å². The highest BCUT2D eigenvalue weighted by atomic mass is 16.5. The molecular formula is C26H27NO3. The minimum Gasteiger partial charge on any atom is -0.497 e. The number of carbonyl (C=O) groups is 1. The molecule has 4 heteroatoms. The minimum absolute atomic E-state index is 0.0391. The molecule has 1 aliphatic rings. The molecule has 0 bridgehead atoms. The summed E-state index contributed by atoms with van der Waals surface area (Å²) in [5, 5.41) is 3.15. The van der Waals surface area contributed by atoms with E-state index in [1.165, 1.54) is 0 Å². The molecule has 0 unspecified atom stereocenters. The van der Waals surface area contributed by atoms with Crippen molar-refractivity contribution in [3.63, 3.8) is 0 Å². The van der Waals surface area contributed by atoms with Gasteiger partial charge in [0.1, 0.15) is 11.5 Å². The smallest absolute Gasteiger partial charge is 0.235 e. The van der Waals surface area contributed by atoms with Crippen LogP contribution in [0.1, 0.15) is 30.9 Å². The summed E-state index contributed by atoms with van der Waals surface area (Å²) in [6, 6.07) is 21.9. The zero-order valence-corrected chi connectivity index (χ0v) is 17.7. The predicted octanol–water partition coefficient (Wildman–Crippen LogP) is 5.74. The van der Waals surface area contributed by atoms with Crippen LogP contribution in [-0.4, -0.2) is 19.6 Å². The molecule has 1 N–H and O–H groups in total. The molecule has 3 aromatic rings. The maximum atomic E-state index is 13.2. The summed E-state index contributed by atoms with van der Waals surface area (Å²) < 4.78 is 10.9. The first kappa shape index (κ1) is 20.0. The van der Waals surface area contributed by atoms with Gasteiger partial charge in [-0.1, -0.05) is 30.3 Å². The number of aryl methyl sites for hydroxylation is 1. The van der Waals surface area contributed by atoms with E-state index in [2.05, 4.69) is 24.4 Å². The van der Waals surface area contributed by atoms with Crippen LogP contribution in [-0.2, 0) is 10.2 Å². The number of rotatable bonds is 7. The highest BCUT2D eigenvalue weighted by Gasteiger charge is 2.51. The third-order valence-corrected chi connectivity index (χ3v) is 5.78. The molecule has 1 fully saturated rings. The van der Waals surface area contributed by atoms with E-state index < -0.39 is 5.41 Å². The highest BCUT2D eigenvalue weighted by molar-refractivity contribution is 6.01. The maximum Gasteiger partial charge on any atom is 0.235 e. The van der Waals surface area contributed by atoms with Crippen LogP contribution in [0.15, 0.2) is 66.7 Å². The Morgan fingerprint density at radius 1 is 1.00 bits per heavy atom. The van der Waals surface area contributed by atoms with Gasteiger partial charge in [-0.15, -0.1) is 0 Å². The van der Waals surface area contributed by atoms with Crippen LogP contribution >= 0.6 is 0 Å². The van der Waals surface area contributed by atoms with E-state index in [4.69, 9.17) is 9.47 Å². The van der Waals surface area contributed by atoms with Crippen molar-refractivity contribution in [2.75, 3.05) is 19.0 Å². The van der Waals surface area contributed by atoms with Gasteiger partial charge in [0.2, 0.25) is 5.91 Å². The molecule has 0 radical (unpaired) electrons. The van der Waals surface area contributed by atoms with Gasteiger partial charge in [-0.25, -0.2) is 0 Å². The Kier molecular flexibility index (Phi) is 5.49. The Balaban J connectivity index is 1.56. The summed E-state index contributed by atoms with van der Waals surface area (Å²) in [6.45, 7) is 4.70. The van der Waals surface area contributed by atoms with Crippen LogP contribution in [0.25, 0.3) is 11.1 Å². The fourth-order valence-corrected chi connectivity index (χ4v) is 3.85. The SMILES string of the molecule is CCOc1ccc(-c2cc(NC(=O)C3(c4cccc(OC)c4)CC3)ccc2C)cc1. The van der Waals surface area contributed by atoms with E-state index in [0.717, 1.165) is 52.3 Å². The van der Waals surface area contributed by atoms with Gasteiger partial charge in [-0.3, -0.25) is 4.79 Å². The molecule has 3 aromatic carbocycles. The third-order valence-electron chi connectivity index (χ3n) is 5.78. The van der Waals surface area contributed by atoms with Crippen molar-refractivity contribution in [3.05, 3.63) is 77.9 Å². The van der Waals surface area contributed by atoms with Gasteiger partial charge >= 0.3 is 0 Å². The number of ether oxygens (including phenoxy) is 2. The lowest BCUT2D eigenvalue weighted by molar-refractivity contribution is -0.118. The van der Waals surface area contributed by atoms with E-state index in [-0.39, 0.29) is 5.91 Å². The summed E-state index contributed by atoms with van der Waals surface area (Å²) in [5.74, 6) is 1.68. The second kappa shape index (κ2) is 8.23. The monoisotopic (exact) mass is 401 g/mol. The van der Waals surface area contributed by atoms with Gasteiger partial charge in [-0.05, 0) is 85.3 Å². The van der Waals surface area contributed by atoms with Gasteiger partial charge in [0.15, 0.2) is 0 Å². The standard InChI is InChI=1S/C26H27NO3/c1-4-30-22-12-9-19(10-13-22)24-17-21(11-8-18(24)2)27-25(28)26(14-15-26)20-6-5-7-23(16-20)29-3/h5-13,16-17H,4,14-15H2,1-3H3,(H,27,28). The zero-order valence-electron chi connectivity index (χ0n) is 17.7. The Morgan fingerprint density at radius 3 is 2.43 bits per heavy atom. The summed E-state index contributed by atoms with van der Waals surface area (Å²) >= 11 is 0. The fourth-order valence-electron chi connectivity index (χ4n) is 3.85. The molecule has 0 aliphatic heterocycles. The van der Waals surface area contributed by atoms with Crippen molar-refractivity contribution in [1.82, 2.24) is 0 Å². The Hall–Kier alpha value is -3.27. The molecule has 4 nitrogen and oxygen atoms in total. The lowest BCUT2D eigenvalue weighted by Gasteiger charge is -2.17. The molecule has 1 amide bonds. The normalized spacial score (nSPS) is 14.1. The van der Waals surface area contributed by atoms with Gasteiger partial charge in [0.25, 0.3) is 0 Å². The van der Waals surface area contributed by atoms with Crippen LogP contribution < -0.4 is 14.8 Å². The predicted molar refractivity (Wildman–Crippen MR) is 120 cm³/mol. The van der Waals surface area contributed by atoms with Crippen molar-refractivity contribution in [3.8, 4) is 22.6 Å². The van der Waals surface area contributed by atoms with E-state index >= 15 is 0 Å². The molecule has 0 atom stereocenters. The fraction of sp³-hybridized carbons (Fsp3) is 0.269. The van der Waals surface area contributed by atoms with Crippen molar-refractivity contribution in [1.29, 1.82) is 0 Å². The number of hydrogen-bond donors (Lipinski definition) is 1. The largest absolute Gasteiger partial charge is 0.497 e. The van der Waals surface area contributed by atoms with Gasteiger partial charge in [0, 0.05) is 5.69 Å². The Labute approximate surface area is 177 Å². The number of nitrogens with one attached hydrogen (secondary N) is 1. The van der Waals surface area contributed by atoms with Crippen LogP contribution in [0.5, 0.6) is 11.5 Å². The van der Waals surface area contributed by atoms with Crippen molar-refractivity contribution < 1.29 is 14.3 Å². The average molecular weight is 402 g/mol. The molecule has 0 heterocycles. The highest BCUT2D eigenvalue weighted by Crippen LogP contribution is 2.49. The lowest BCUT2D eigenvalue weighted by atomic mass is 9.94.